The van der Waals surface area contributed by atoms with Crippen LogP contribution in [0.1, 0.15) is 25.3 Å². The van der Waals surface area contributed by atoms with Crippen molar-refractivity contribution in [3.63, 3.8) is 0 Å². The number of piperidine rings is 1. The Morgan fingerprint density at radius 3 is 2.86 bits per heavy atom. The average Bonchev–Trinajstić information content (AvgIpc) is 2.88. The van der Waals surface area contributed by atoms with E-state index in [1.54, 1.807) is 0 Å². The van der Waals surface area contributed by atoms with Gasteiger partial charge in [0.05, 0.1) is 0 Å². The van der Waals surface area contributed by atoms with E-state index in [-0.39, 0.29) is 0 Å². The zero-order valence-electron chi connectivity index (χ0n) is 13.0. The molecule has 1 N–H and O–H groups in total. The molecule has 3 aliphatic rings. The minimum Gasteiger partial charge on any atom is -0.312 e. The second kappa shape index (κ2) is 5.71. The van der Waals surface area contributed by atoms with Crippen LogP contribution < -0.4 is 5.32 Å². The van der Waals surface area contributed by atoms with Crippen LogP contribution in [0.2, 0.25) is 0 Å². The molecule has 0 bridgehead atoms. The number of piperazine rings is 1. The van der Waals surface area contributed by atoms with E-state index in [4.69, 9.17) is 0 Å². The molecule has 3 aliphatic heterocycles. The van der Waals surface area contributed by atoms with Gasteiger partial charge in [-0.15, -0.1) is 0 Å². The van der Waals surface area contributed by atoms with Crippen molar-refractivity contribution in [2.24, 2.45) is 5.92 Å². The minimum atomic E-state index is 0.694. The Kier molecular flexibility index (Phi) is 3.74. The molecule has 0 aromatic heterocycles. The first kappa shape index (κ1) is 13.7. The van der Waals surface area contributed by atoms with E-state index in [1.165, 1.54) is 44.6 Å². The lowest BCUT2D eigenvalue weighted by Gasteiger charge is -2.44. The maximum absolute atomic E-state index is 3.76. The number of nitrogens with one attached hydrogen (secondary N) is 1. The van der Waals surface area contributed by atoms with Gasteiger partial charge < -0.3 is 5.32 Å². The van der Waals surface area contributed by atoms with E-state index < -0.39 is 0 Å². The summed E-state index contributed by atoms with van der Waals surface area (Å²) in [6.07, 6.45) is 2.78. The maximum atomic E-state index is 3.76. The summed E-state index contributed by atoms with van der Waals surface area (Å²) < 4.78 is 0. The van der Waals surface area contributed by atoms with E-state index >= 15 is 0 Å². The van der Waals surface area contributed by atoms with Crippen molar-refractivity contribution in [1.29, 1.82) is 0 Å². The van der Waals surface area contributed by atoms with Crippen molar-refractivity contribution in [2.45, 2.75) is 44.4 Å². The molecule has 21 heavy (non-hydrogen) atoms. The van der Waals surface area contributed by atoms with Crippen LogP contribution in [0, 0.1) is 5.92 Å². The molecule has 3 heterocycles. The van der Waals surface area contributed by atoms with Gasteiger partial charge in [0.1, 0.15) is 0 Å². The minimum absolute atomic E-state index is 0.694. The number of benzene rings is 1. The zero-order chi connectivity index (χ0) is 14.2. The third-order valence-corrected chi connectivity index (χ3v) is 5.75. The van der Waals surface area contributed by atoms with Gasteiger partial charge in [0.25, 0.3) is 0 Å². The van der Waals surface area contributed by atoms with E-state index in [9.17, 15) is 0 Å². The molecule has 0 saturated carbocycles. The van der Waals surface area contributed by atoms with Gasteiger partial charge in [-0.3, -0.25) is 9.80 Å². The summed E-state index contributed by atoms with van der Waals surface area (Å²) in [6.45, 7) is 8.49. The first-order valence-electron chi connectivity index (χ1n) is 8.56. The topological polar surface area (TPSA) is 18.5 Å². The third kappa shape index (κ3) is 2.63. The van der Waals surface area contributed by atoms with Gasteiger partial charge in [0.15, 0.2) is 0 Å². The molecule has 0 aliphatic carbocycles. The first-order chi connectivity index (χ1) is 10.3. The molecule has 0 radical (unpaired) electrons. The molecule has 3 nitrogen and oxygen atoms in total. The number of nitrogens with zero attached hydrogens (tertiary/aromatic N) is 2. The van der Waals surface area contributed by atoms with Crippen molar-refractivity contribution in [2.75, 3.05) is 26.2 Å². The summed E-state index contributed by atoms with van der Waals surface area (Å²) in [7, 11) is 0. The van der Waals surface area contributed by atoms with Gasteiger partial charge in [-0.25, -0.2) is 0 Å². The van der Waals surface area contributed by atoms with Crippen molar-refractivity contribution in [3.05, 3.63) is 35.9 Å². The Morgan fingerprint density at radius 2 is 2.00 bits per heavy atom. The van der Waals surface area contributed by atoms with Crippen molar-refractivity contribution in [3.8, 4) is 0 Å². The van der Waals surface area contributed by atoms with E-state index in [1.807, 2.05) is 0 Å². The molecule has 1 aromatic carbocycles. The van der Waals surface area contributed by atoms with Gasteiger partial charge in [0, 0.05) is 44.3 Å². The molecule has 1 aromatic rings. The molecular formula is C18H27N3. The van der Waals surface area contributed by atoms with Gasteiger partial charge in [-0.05, 0) is 37.8 Å². The summed E-state index contributed by atoms with van der Waals surface area (Å²) >= 11 is 0. The highest BCUT2D eigenvalue weighted by Gasteiger charge is 2.46. The standard InChI is InChI=1S/C18H27N3/c1-14-10-20(11-15-6-3-2-4-7-15)13-18-16-8-5-9-19-17(16)12-21(14)18/h2-4,6-7,14,16-19H,5,8-13H2,1H3/t14-,16?,17?,18-/m1/s1. The molecule has 3 saturated heterocycles. The van der Waals surface area contributed by atoms with Crippen LogP contribution >= 0.6 is 0 Å². The lowest BCUT2D eigenvalue weighted by Crippen LogP contribution is -2.56. The molecule has 114 valence electrons. The zero-order valence-corrected chi connectivity index (χ0v) is 13.0. The fourth-order valence-electron chi connectivity index (χ4n) is 4.78. The average molecular weight is 285 g/mol. The normalized spacial score (nSPS) is 37.2. The maximum Gasteiger partial charge on any atom is 0.0270 e. The molecule has 2 unspecified atom stereocenters. The highest BCUT2D eigenvalue weighted by molar-refractivity contribution is 5.15. The number of rotatable bonds is 2. The third-order valence-electron chi connectivity index (χ3n) is 5.75. The smallest absolute Gasteiger partial charge is 0.0270 e. The highest BCUT2D eigenvalue weighted by atomic mass is 15.3. The largest absolute Gasteiger partial charge is 0.312 e. The fraction of sp³-hybridized carbons (Fsp3) is 0.667. The van der Waals surface area contributed by atoms with Crippen LogP contribution in [0.3, 0.4) is 0 Å². The summed E-state index contributed by atoms with van der Waals surface area (Å²) in [5, 5.41) is 3.76. The summed E-state index contributed by atoms with van der Waals surface area (Å²) in [6, 6.07) is 13.2. The lowest BCUT2D eigenvalue weighted by atomic mass is 9.87. The lowest BCUT2D eigenvalue weighted by molar-refractivity contribution is 0.0391. The quantitative estimate of drug-likeness (QED) is 0.896. The Morgan fingerprint density at radius 1 is 1.14 bits per heavy atom. The van der Waals surface area contributed by atoms with Crippen LogP contribution in [0.5, 0.6) is 0 Å². The Balaban J connectivity index is 1.48. The number of fused-ring (bicyclic) bond motifs is 3. The second-order valence-corrected chi connectivity index (χ2v) is 7.16. The summed E-state index contributed by atoms with van der Waals surface area (Å²) in [4.78, 5) is 5.47. The highest BCUT2D eigenvalue weighted by Crippen LogP contribution is 2.35. The van der Waals surface area contributed by atoms with Crippen molar-refractivity contribution in [1.82, 2.24) is 15.1 Å². The van der Waals surface area contributed by atoms with Gasteiger partial charge in [-0.1, -0.05) is 30.3 Å². The fourth-order valence-corrected chi connectivity index (χ4v) is 4.78. The van der Waals surface area contributed by atoms with E-state index in [0.29, 0.717) is 6.04 Å². The Hall–Kier alpha value is -0.900. The van der Waals surface area contributed by atoms with Crippen LogP contribution in [-0.4, -0.2) is 54.1 Å². The predicted molar refractivity (Wildman–Crippen MR) is 86.2 cm³/mol. The first-order valence-corrected chi connectivity index (χ1v) is 8.56. The Bertz CT molecular complexity index is 473. The molecule has 4 atom stereocenters. The molecule has 3 fully saturated rings. The molecular weight excluding hydrogens is 258 g/mol. The van der Waals surface area contributed by atoms with Crippen molar-refractivity contribution >= 4 is 0 Å². The van der Waals surface area contributed by atoms with E-state index in [0.717, 1.165) is 24.5 Å². The number of hydrogen-bond donors (Lipinski definition) is 1. The molecule has 4 rings (SSSR count). The van der Waals surface area contributed by atoms with Gasteiger partial charge >= 0.3 is 0 Å². The van der Waals surface area contributed by atoms with Gasteiger partial charge in [0.2, 0.25) is 0 Å². The van der Waals surface area contributed by atoms with Gasteiger partial charge in [-0.2, -0.15) is 0 Å². The number of hydrogen-bond acceptors (Lipinski definition) is 3. The Labute approximate surface area is 128 Å². The van der Waals surface area contributed by atoms with Crippen LogP contribution in [0.25, 0.3) is 0 Å². The molecule has 0 spiro atoms. The SMILES string of the molecule is C[C@@H]1CN(Cc2ccccc2)C[C@@H]2C3CCCNC3CN12. The van der Waals surface area contributed by atoms with Crippen molar-refractivity contribution < 1.29 is 0 Å². The summed E-state index contributed by atoms with van der Waals surface area (Å²) in [5.41, 5.74) is 1.45. The van der Waals surface area contributed by atoms with Crippen LogP contribution in [-0.2, 0) is 6.54 Å². The molecule has 0 amide bonds. The van der Waals surface area contributed by atoms with E-state index in [2.05, 4.69) is 52.4 Å². The molecule has 3 heteroatoms. The monoisotopic (exact) mass is 285 g/mol. The van der Waals surface area contributed by atoms with Crippen LogP contribution in [0.15, 0.2) is 30.3 Å². The predicted octanol–water partition coefficient (Wildman–Crippen LogP) is 1.94. The second-order valence-electron chi connectivity index (χ2n) is 7.16. The summed E-state index contributed by atoms with van der Waals surface area (Å²) in [5.74, 6) is 0.875. The van der Waals surface area contributed by atoms with Crippen LogP contribution in [0.4, 0.5) is 0 Å².